The van der Waals surface area contributed by atoms with E-state index in [4.69, 9.17) is 14.2 Å². The zero-order valence-electron chi connectivity index (χ0n) is 19.3. The summed E-state index contributed by atoms with van der Waals surface area (Å²) in [7, 11) is 4.03. The molecule has 5 radical (unpaired) electrons. The third-order valence-electron chi connectivity index (χ3n) is 5.71. The van der Waals surface area contributed by atoms with Gasteiger partial charge in [0.25, 0.3) is 0 Å². The van der Waals surface area contributed by atoms with E-state index >= 15 is 0 Å². The molecule has 1 unspecified atom stereocenters. The molecule has 163 valence electrons. The molecule has 0 bridgehead atoms. The van der Waals surface area contributed by atoms with E-state index in [-0.39, 0.29) is 0 Å². The molecule has 3 rings (SSSR count). The van der Waals surface area contributed by atoms with Crippen molar-refractivity contribution in [3.63, 3.8) is 0 Å². The van der Waals surface area contributed by atoms with Crippen LogP contribution in [0.5, 0.6) is 17.2 Å². The minimum Gasteiger partial charge on any atom is -0.496 e. The zero-order valence-corrected chi connectivity index (χ0v) is 20.2. The fourth-order valence-corrected chi connectivity index (χ4v) is 6.82. The Labute approximate surface area is 188 Å². The molecule has 1 aliphatic rings. The summed E-state index contributed by atoms with van der Waals surface area (Å²) in [6.45, 7) is 8.18. The monoisotopic (exact) mass is 437 g/mol. The predicted octanol–water partition coefficient (Wildman–Crippen LogP) is 4.78. The molecule has 1 saturated carbocycles. The van der Waals surface area contributed by atoms with Crippen molar-refractivity contribution < 1.29 is 19.0 Å². The molecule has 1 fully saturated rings. The summed E-state index contributed by atoms with van der Waals surface area (Å²) in [5.41, 5.74) is 4.16. The number of carbonyl (C=O) groups is 1. The maximum atomic E-state index is 12.1. The molecule has 0 aliphatic heterocycles. The van der Waals surface area contributed by atoms with E-state index in [0.29, 0.717) is 0 Å². The number of aldehydes is 1. The molecule has 2 aromatic carbocycles. The van der Waals surface area contributed by atoms with Gasteiger partial charge in [0, 0.05) is 11.2 Å². The minimum absolute atomic E-state index is 0.777. The van der Waals surface area contributed by atoms with Crippen molar-refractivity contribution in [2.45, 2.75) is 34.1 Å². The molecule has 5 heteroatoms. The number of carbonyl (C=O) groups excluding carboxylic acids is 1. The molecule has 1 atom stereocenters. The Balaban J connectivity index is 2.23. The molecule has 31 heavy (non-hydrogen) atoms. The zero-order chi connectivity index (χ0) is 22.7. The Morgan fingerprint density at radius 1 is 0.839 bits per heavy atom. The highest BCUT2D eigenvalue weighted by atomic mass is 31.1. The van der Waals surface area contributed by atoms with Gasteiger partial charge in [-0.05, 0) is 99.9 Å². The van der Waals surface area contributed by atoms with Crippen LogP contribution in [0.4, 0.5) is 0 Å². The van der Waals surface area contributed by atoms with Gasteiger partial charge in [0.05, 0.1) is 27.2 Å². The molecular weight excluding hydrogens is 407 g/mol. The first-order chi connectivity index (χ1) is 14.9. The molecule has 0 heterocycles. The first-order valence-electron chi connectivity index (χ1n) is 10.3. The number of hydrogen-bond acceptors (Lipinski definition) is 4. The highest BCUT2D eigenvalue weighted by Crippen LogP contribution is 2.59. The maximum Gasteiger partial charge on any atom is 0.128 e. The molecule has 0 amide bonds. The summed E-state index contributed by atoms with van der Waals surface area (Å²) in [6, 6.07) is 8.49. The van der Waals surface area contributed by atoms with E-state index in [9.17, 15) is 4.79 Å². The molecule has 0 N–H and O–H groups in total. The van der Waals surface area contributed by atoms with Crippen molar-refractivity contribution in [1.82, 2.24) is 0 Å². The van der Waals surface area contributed by atoms with E-state index in [0.717, 1.165) is 74.7 Å². The van der Waals surface area contributed by atoms with Crippen LogP contribution in [0.2, 0.25) is 0 Å². The summed E-state index contributed by atoms with van der Waals surface area (Å²) >= 11 is 0. The number of benzene rings is 2. The lowest BCUT2D eigenvalue weighted by Gasteiger charge is -2.30. The van der Waals surface area contributed by atoms with Crippen molar-refractivity contribution in [1.29, 1.82) is 0 Å². The first-order valence-corrected chi connectivity index (χ1v) is 11.7. The first kappa shape index (κ1) is 23.6. The smallest absolute Gasteiger partial charge is 0.128 e. The SMILES string of the molecule is CC[C]1[CH][CH][C](P(c2cc(C)c(OC)c(C)c2)c2cc(OC)c(C)c(OC)c2)[C]1C=O. The molecule has 4 nitrogen and oxygen atoms in total. The van der Waals surface area contributed by atoms with Gasteiger partial charge in [0.1, 0.15) is 23.5 Å². The van der Waals surface area contributed by atoms with Gasteiger partial charge in [-0.25, -0.2) is 0 Å². The van der Waals surface area contributed by atoms with Gasteiger partial charge < -0.3 is 19.0 Å². The van der Waals surface area contributed by atoms with E-state index in [1.807, 2.05) is 6.92 Å². The van der Waals surface area contributed by atoms with Crippen molar-refractivity contribution in [2.75, 3.05) is 21.3 Å². The Bertz CT molecular complexity index is 891. The van der Waals surface area contributed by atoms with Crippen LogP contribution in [0.15, 0.2) is 24.3 Å². The number of aryl methyl sites for hydroxylation is 2. The third-order valence-corrected chi connectivity index (χ3v) is 8.13. The van der Waals surface area contributed by atoms with Gasteiger partial charge in [-0.3, -0.25) is 0 Å². The van der Waals surface area contributed by atoms with Gasteiger partial charge in [-0.15, -0.1) is 0 Å². The van der Waals surface area contributed by atoms with Crippen LogP contribution in [0, 0.1) is 51.1 Å². The average Bonchev–Trinajstić information content (AvgIpc) is 3.17. The third kappa shape index (κ3) is 4.46. The number of rotatable bonds is 8. The van der Waals surface area contributed by atoms with Crippen molar-refractivity contribution in [3.05, 3.63) is 71.3 Å². The Morgan fingerprint density at radius 3 is 1.84 bits per heavy atom. The lowest BCUT2D eigenvalue weighted by atomic mass is 9.95. The van der Waals surface area contributed by atoms with Gasteiger partial charge in [-0.2, -0.15) is 0 Å². The second kappa shape index (κ2) is 10.0. The minimum atomic E-state index is -1.01. The molecule has 0 spiro atoms. The summed E-state index contributed by atoms with van der Waals surface area (Å²) in [6.07, 6.45) is 5.98. The molecule has 0 saturated heterocycles. The van der Waals surface area contributed by atoms with Gasteiger partial charge >= 0.3 is 0 Å². The van der Waals surface area contributed by atoms with Crippen molar-refractivity contribution in [2.24, 2.45) is 0 Å². The summed E-state index contributed by atoms with van der Waals surface area (Å²) in [5.74, 6) is 4.31. The van der Waals surface area contributed by atoms with Crippen LogP contribution in [0.25, 0.3) is 0 Å². The van der Waals surface area contributed by atoms with E-state index in [1.54, 1.807) is 21.3 Å². The Hall–Kier alpha value is -2.06. The van der Waals surface area contributed by atoms with Crippen LogP contribution in [0.1, 0.15) is 30.0 Å². The average molecular weight is 437 g/mol. The van der Waals surface area contributed by atoms with Crippen LogP contribution in [0.3, 0.4) is 0 Å². The van der Waals surface area contributed by atoms with E-state index in [1.165, 1.54) is 0 Å². The quantitative estimate of drug-likeness (QED) is 0.440. The fraction of sp³-hybridized carbons (Fsp3) is 0.308. The number of methoxy groups -OCH3 is 3. The standard InChI is InChI=1S/C26H30O4P/c1-8-19-9-10-25(22(19)15-27)31(20-11-16(2)26(30-7)17(3)12-20)21-13-23(28-5)18(4)24(14-21)29-6/h9-15H,8H2,1-7H3. The second-order valence-electron chi connectivity index (χ2n) is 7.55. The molecule has 2 aromatic rings. The van der Waals surface area contributed by atoms with Crippen LogP contribution in [-0.4, -0.2) is 27.6 Å². The van der Waals surface area contributed by atoms with Crippen molar-refractivity contribution in [3.8, 4) is 17.2 Å². The normalized spacial score (nSPS) is 16.4. The highest BCUT2D eigenvalue weighted by molar-refractivity contribution is 7.76. The summed E-state index contributed by atoms with van der Waals surface area (Å²) < 4.78 is 16.9. The Morgan fingerprint density at radius 2 is 1.39 bits per heavy atom. The second-order valence-corrected chi connectivity index (χ2v) is 9.74. The molecular formula is C26H30O4P. The maximum absolute atomic E-state index is 12.1. The fourth-order valence-electron chi connectivity index (χ4n) is 4.17. The van der Waals surface area contributed by atoms with Crippen LogP contribution < -0.4 is 24.8 Å². The van der Waals surface area contributed by atoms with E-state index in [2.05, 4.69) is 57.9 Å². The van der Waals surface area contributed by atoms with Gasteiger partial charge in [0.15, 0.2) is 0 Å². The Kier molecular flexibility index (Phi) is 7.64. The van der Waals surface area contributed by atoms with Crippen LogP contribution >= 0.6 is 7.92 Å². The number of hydrogen-bond donors (Lipinski definition) is 0. The largest absolute Gasteiger partial charge is 0.496 e. The lowest BCUT2D eigenvalue weighted by Crippen LogP contribution is -2.22. The molecule has 1 aliphatic carbocycles. The summed E-state index contributed by atoms with van der Waals surface area (Å²) in [4.78, 5) is 12.1. The van der Waals surface area contributed by atoms with Crippen LogP contribution in [-0.2, 0) is 4.79 Å². The lowest BCUT2D eigenvalue weighted by molar-refractivity contribution is -0.106. The van der Waals surface area contributed by atoms with Crippen molar-refractivity contribution >= 4 is 24.8 Å². The van der Waals surface area contributed by atoms with E-state index < -0.39 is 7.92 Å². The topological polar surface area (TPSA) is 44.8 Å². The summed E-state index contributed by atoms with van der Waals surface area (Å²) in [5, 5.41) is 2.24. The molecule has 0 aromatic heterocycles. The predicted molar refractivity (Wildman–Crippen MR) is 128 cm³/mol. The number of ether oxygens (including phenoxy) is 3. The van der Waals surface area contributed by atoms with Gasteiger partial charge in [0.2, 0.25) is 0 Å². The van der Waals surface area contributed by atoms with Gasteiger partial charge in [-0.1, -0.05) is 6.92 Å². The highest BCUT2D eigenvalue weighted by Gasteiger charge is 2.43.